The van der Waals surface area contributed by atoms with Crippen LogP contribution in [0.3, 0.4) is 0 Å². The maximum Gasteiger partial charge on any atom is 0.332 e. The van der Waals surface area contributed by atoms with Gasteiger partial charge in [0.25, 0.3) is 0 Å². The molecule has 1 aliphatic heterocycles. The number of hydrogen-bond donors (Lipinski definition) is 1. The molecule has 3 rings (SSSR count). The molecule has 0 saturated carbocycles. The molecule has 1 N–H and O–H groups in total. The van der Waals surface area contributed by atoms with Crippen LogP contribution >= 0.6 is 11.6 Å². The Hall–Kier alpha value is -2.63. The van der Waals surface area contributed by atoms with Crippen molar-refractivity contribution in [2.75, 3.05) is 26.2 Å². The fraction of sp³-hybridized carbons (Fsp3) is 0.238. The average Bonchev–Trinajstić information content (AvgIpc) is 2.70. The van der Waals surface area contributed by atoms with Gasteiger partial charge in [0, 0.05) is 36.3 Å². The number of carboxylic acid groups (broad SMARTS) is 1. The van der Waals surface area contributed by atoms with Gasteiger partial charge >= 0.3 is 5.97 Å². The number of nitrogens with zero attached hydrogens (tertiary/aromatic N) is 2. The molecular weight excluding hydrogens is 364 g/mol. The second-order valence-corrected chi connectivity index (χ2v) is 6.63. The second kappa shape index (κ2) is 9.35. The lowest BCUT2D eigenvalue weighted by molar-refractivity contribution is -0.133. The first-order chi connectivity index (χ1) is 13.1. The summed E-state index contributed by atoms with van der Waals surface area (Å²) in [5, 5.41) is 14.1. The highest BCUT2D eigenvalue weighted by molar-refractivity contribution is 6.35. The van der Waals surface area contributed by atoms with E-state index in [4.69, 9.17) is 21.5 Å². The second-order valence-electron chi connectivity index (χ2n) is 6.22. The zero-order valence-electron chi connectivity index (χ0n) is 14.8. The summed E-state index contributed by atoms with van der Waals surface area (Å²) in [5.74, 6) is -0.858. The van der Waals surface area contributed by atoms with Gasteiger partial charge in [-0.3, -0.25) is 4.90 Å². The molecule has 0 fully saturated rings. The van der Waals surface area contributed by atoms with Gasteiger partial charge in [-0.15, -0.1) is 0 Å². The minimum absolute atomic E-state index is 0.369. The monoisotopic (exact) mass is 384 g/mol. The molecule has 27 heavy (non-hydrogen) atoms. The Labute approximate surface area is 163 Å². The smallest absolute Gasteiger partial charge is 0.332 e. The van der Waals surface area contributed by atoms with Crippen molar-refractivity contribution in [1.82, 2.24) is 4.90 Å². The molecule has 0 amide bonds. The largest absolute Gasteiger partial charge is 0.478 e. The number of carboxylic acids is 1. The van der Waals surface area contributed by atoms with Crippen molar-refractivity contribution in [1.29, 1.82) is 0 Å². The van der Waals surface area contributed by atoms with E-state index < -0.39 is 5.97 Å². The summed E-state index contributed by atoms with van der Waals surface area (Å²) in [7, 11) is 0. The fourth-order valence-electron chi connectivity index (χ4n) is 2.94. The Morgan fingerprint density at radius 2 is 1.89 bits per heavy atom. The van der Waals surface area contributed by atoms with Crippen LogP contribution in [0.25, 0.3) is 0 Å². The highest BCUT2D eigenvalue weighted by Crippen LogP contribution is 2.20. The standard InChI is InChI=1S/C21H21ClN2O3/c22-19-11-5-4-10-18(19)20(16-7-2-1-3-8-16)23-27-14-13-24-12-6-9-17(15-24)21(25)26/h1-5,7-11H,6,12-15H2,(H,25,26). The maximum absolute atomic E-state index is 11.1. The Kier molecular flexibility index (Phi) is 6.63. The first-order valence-electron chi connectivity index (χ1n) is 8.80. The summed E-state index contributed by atoms with van der Waals surface area (Å²) in [5.41, 5.74) is 2.83. The maximum atomic E-state index is 11.1. The summed E-state index contributed by atoms with van der Waals surface area (Å²) in [6.07, 6.45) is 2.52. The van der Waals surface area contributed by atoms with Gasteiger partial charge in [0.15, 0.2) is 0 Å². The van der Waals surface area contributed by atoms with Crippen LogP contribution < -0.4 is 0 Å². The average molecular weight is 385 g/mol. The van der Waals surface area contributed by atoms with Gasteiger partial charge in [0.2, 0.25) is 0 Å². The third kappa shape index (κ3) is 5.18. The summed E-state index contributed by atoms with van der Waals surface area (Å²) < 4.78 is 0. The fourth-order valence-corrected chi connectivity index (χ4v) is 3.16. The Morgan fingerprint density at radius 1 is 1.15 bits per heavy atom. The van der Waals surface area contributed by atoms with Gasteiger partial charge in [0.1, 0.15) is 12.3 Å². The number of carbonyl (C=O) groups is 1. The molecule has 2 aromatic rings. The molecule has 2 aromatic carbocycles. The molecule has 0 spiro atoms. The molecule has 0 bridgehead atoms. The molecule has 0 saturated heterocycles. The van der Waals surface area contributed by atoms with Gasteiger partial charge in [0.05, 0.1) is 5.02 Å². The van der Waals surface area contributed by atoms with E-state index in [0.29, 0.717) is 36.0 Å². The molecular formula is C21H21ClN2O3. The molecule has 0 atom stereocenters. The van der Waals surface area contributed by atoms with Crippen molar-refractivity contribution in [3.05, 3.63) is 82.4 Å². The lowest BCUT2D eigenvalue weighted by Gasteiger charge is -2.24. The quantitative estimate of drug-likeness (QED) is 0.447. The SMILES string of the molecule is O=C(O)C1=CCCN(CCON=C(c2ccccc2)c2ccccc2Cl)C1. The molecule has 1 heterocycles. The third-order valence-corrected chi connectivity index (χ3v) is 4.67. The van der Waals surface area contributed by atoms with Crippen LogP contribution in [0, 0.1) is 0 Å². The van der Waals surface area contributed by atoms with Crippen molar-refractivity contribution in [3.8, 4) is 0 Å². The summed E-state index contributed by atoms with van der Waals surface area (Å²) in [6, 6.07) is 17.3. The zero-order valence-corrected chi connectivity index (χ0v) is 15.6. The topological polar surface area (TPSA) is 62.1 Å². The number of hydrogen-bond acceptors (Lipinski definition) is 4. The van der Waals surface area contributed by atoms with Gasteiger partial charge in [-0.25, -0.2) is 4.79 Å². The summed E-state index contributed by atoms with van der Waals surface area (Å²) >= 11 is 6.34. The first-order valence-corrected chi connectivity index (χ1v) is 9.18. The Bertz CT molecular complexity index is 850. The van der Waals surface area contributed by atoms with Crippen LogP contribution in [-0.2, 0) is 9.63 Å². The lowest BCUT2D eigenvalue weighted by Crippen LogP contribution is -2.34. The van der Waals surface area contributed by atoms with E-state index in [9.17, 15) is 4.79 Å². The Morgan fingerprint density at radius 3 is 2.63 bits per heavy atom. The molecule has 5 nitrogen and oxygen atoms in total. The zero-order chi connectivity index (χ0) is 19.1. The van der Waals surface area contributed by atoms with E-state index >= 15 is 0 Å². The molecule has 140 valence electrons. The van der Waals surface area contributed by atoms with Crippen LogP contribution in [0.15, 0.2) is 71.4 Å². The van der Waals surface area contributed by atoms with Gasteiger partial charge in [-0.05, 0) is 12.5 Å². The van der Waals surface area contributed by atoms with Crippen LogP contribution in [0.5, 0.6) is 0 Å². The van der Waals surface area contributed by atoms with E-state index in [-0.39, 0.29) is 0 Å². The number of aliphatic carboxylic acids is 1. The van der Waals surface area contributed by atoms with Crippen molar-refractivity contribution in [2.45, 2.75) is 6.42 Å². The lowest BCUT2D eigenvalue weighted by atomic mass is 10.0. The van der Waals surface area contributed by atoms with Crippen LogP contribution in [0.1, 0.15) is 17.5 Å². The van der Waals surface area contributed by atoms with E-state index in [1.165, 1.54) is 0 Å². The number of rotatable bonds is 7. The number of benzene rings is 2. The van der Waals surface area contributed by atoms with Crippen LogP contribution in [-0.4, -0.2) is 47.9 Å². The minimum atomic E-state index is -0.858. The normalized spacial score (nSPS) is 15.3. The highest BCUT2D eigenvalue weighted by Gasteiger charge is 2.17. The van der Waals surface area contributed by atoms with E-state index in [0.717, 1.165) is 24.1 Å². The van der Waals surface area contributed by atoms with Crippen molar-refractivity contribution in [2.24, 2.45) is 5.16 Å². The molecule has 0 aliphatic carbocycles. The Balaban J connectivity index is 1.67. The summed E-state index contributed by atoms with van der Waals surface area (Å²) in [6.45, 7) is 2.23. The summed E-state index contributed by atoms with van der Waals surface area (Å²) in [4.78, 5) is 18.7. The highest BCUT2D eigenvalue weighted by atomic mass is 35.5. The molecule has 0 unspecified atom stereocenters. The van der Waals surface area contributed by atoms with E-state index in [2.05, 4.69) is 10.1 Å². The molecule has 6 heteroatoms. The number of halogens is 1. The molecule has 1 aliphatic rings. The van der Waals surface area contributed by atoms with Gasteiger partial charge in [-0.2, -0.15) is 0 Å². The predicted molar refractivity (Wildman–Crippen MR) is 106 cm³/mol. The third-order valence-electron chi connectivity index (χ3n) is 4.34. The van der Waals surface area contributed by atoms with Crippen molar-refractivity contribution < 1.29 is 14.7 Å². The van der Waals surface area contributed by atoms with Gasteiger partial charge < -0.3 is 9.94 Å². The van der Waals surface area contributed by atoms with Crippen LogP contribution in [0.4, 0.5) is 0 Å². The van der Waals surface area contributed by atoms with Crippen molar-refractivity contribution >= 4 is 23.3 Å². The van der Waals surface area contributed by atoms with E-state index in [1.807, 2.05) is 54.6 Å². The van der Waals surface area contributed by atoms with Crippen LogP contribution in [0.2, 0.25) is 5.02 Å². The van der Waals surface area contributed by atoms with Crippen molar-refractivity contribution in [3.63, 3.8) is 0 Å². The van der Waals surface area contributed by atoms with Gasteiger partial charge in [-0.1, -0.05) is 71.4 Å². The minimum Gasteiger partial charge on any atom is -0.478 e. The number of oxime groups is 1. The molecule has 0 radical (unpaired) electrons. The first kappa shape index (κ1) is 19.1. The molecule has 0 aromatic heterocycles. The predicted octanol–water partition coefficient (Wildman–Crippen LogP) is 3.83. The van der Waals surface area contributed by atoms with E-state index in [1.54, 1.807) is 6.08 Å².